The van der Waals surface area contributed by atoms with Gasteiger partial charge in [-0.05, 0) is 49.9 Å². The van der Waals surface area contributed by atoms with Crippen LogP contribution >= 0.6 is 15.9 Å². The molecule has 114 valence electrons. The Morgan fingerprint density at radius 3 is 2.71 bits per heavy atom. The van der Waals surface area contributed by atoms with Crippen LogP contribution in [-0.2, 0) is 4.79 Å². The van der Waals surface area contributed by atoms with Crippen LogP contribution in [0.25, 0.3) is 0 Å². The molecule has 1 heterocycles. The summed E-state index contributed by atoms with van der Waals surface area (Å²) in [5, 5.41) is 9.93. The molecule has 0 bridgehead atoms. The molecule has 2 aliphatic rings. The topological polar surface area (TPSA) is 49.8 Å². The predicted octanol–water partition coefficient (Wildman–Crippen LogP) is 2.45. The van der Waals surface area contributed by atoms with Crippen LogP contribution < -0.4 is 4.74 Å². The van der Waals surface area contributed by atoms with Crippen molar-refractivity contribution >= 4 is 21.8 Å². The number of carbonyl (C=O) groups excluding carboxylic acids is 1. The van der Waals surface area contributed by atoms with Gasteiger partial charge in [-0.15, -0.1) is 0 Å². The van der Waals surface area contributed by atoms with Crippen LogP contribution in [-0.4, -0.2) is 41.2 Å². The number of hydrogen-bond donors (Lipinski definition) is 1. The molecule has 1 aliphatic carbocycles. The Morgan fingerprint density at radius 1 is 1.33 bits per heavy atom. The van der Waals surface area contributed by atoms with E-state index in [4.69, 9.17) is 4.74 Å². The summed E-state index contributed by atoms with van der Waals surface area (Å²) in [6, 6.07) is 7.47. The third kappa shape index (κ3) is 3.09. The SMILES string of the molecule is CC(Oc1ccc(Br)cc1)C(=O)N1CC2CCC(O)C2C1. The van der Waals surface area contributed by atoms with Crippen LogP contribution in [0.3, 0.4) is 0 Å². The monoisotopic (exact) mass is 353 g/mol. The molecule has 1 aromatic rings. The molecule has 0 aromatic heterocycles. The molecule has 3 rings (SSSR count). The molecular formula is C16H20BrNO3. The maximum Gasteiger partial charge on any atom is 0.263 e. The molecular weight excluding hydrogens is 334 g/mol. The van der Waals surface area contributed by atoms with Gasteiger partial charge in [0, 0.05) is 23.5 Å². The Labute approximate surface area is 133 Å². The molecule has 2 fully saturated rings. The predicted molar refractivity (Wildman–Crippen MR) is 83.0 cm³/mol. The Hall–Kier alpha value is -1.07. The van der Waals surface area contributed by atoms with Crippen molar-refractivity contribution in [2.45, 2.75) is 32.0 Å². The molecule has 4 unspecified atom stereocenters. The van der Waals surface area contributed by atoms with E-state index in [1.54, 1.807) is 6.92 Å². The summed E-state index contributed by atoms with van der Waals surface area (Å²) >= 11 is 3.37. The second kappa shape index (κ2) is 5.97. The van der Waals surface area contributed by atoms with E-state index in [0.717, 1.165) is 23.9 Å². The molecule has 21 heavy (non-hydrogen) atoms. The number of nitrogens with zero attached hydrogens (tertiary/aromatic N) is 1. The molecule has 0 radical (unpaired) electrons. The fourth-order valence-electron chi connectivity index (χ4n) is 3.44. The van der Waals surface area contributed by atoms with Crippen molar-refractivity contribution in [3.05, 3.63) is 28.7 Å². The van der Waals surface area contributed by atoms with E-state index < -0.39 is 6.10 Å². The van der Waals surface area contributed by atoms with Gasteiger partial charge >= 0.3 is 0 Å². The van der Waals surface area contributed by atoms with Crippen LogP contribution in [0.2, 0.25) is 0 Å². The lowest BCUT2D eigenvalue weighted by Crippen LogP contribution is -2.40. The molecule has 0 spiro atoms. The van der Waals surface area contributed by atoms with E-state index in [9.17, 15) is 9.90 Å². The molecule has 1 aliphatic heterocycles. The van der Waals surface area contributed by atoms with Gasteiger partial charge in [0.15, 0.2) is 6.10 Å². The average molecular weight is 354 g/mol. The van der Waals surface area contributed by atoms with Crippen molar-refractivity contribution in [2.24, 2.45) is 11.8 Å². The van der Waals surface area contributed by atoms with E-state index in [0.29, 0.717) is 18.2 Å². The van der Waals surface area contributed by atoms with E-state index in [1.807, 2.05) is 29.2 Å². The second-order valence-electron chi connectivity index (χ2n) is 6.03. The van der Waals surface area contributed by atoms with Crippen molar-refractivity contribution in [2.75, 3.05) is 13.1 Å². The summed E-state index contributed by atoms with van der Waals surface area (Å²) in [6.45, 7) is 3.21. The van der Waals surface area contributed by atoms with Gasteiger partial charge in [0.05, 0.1) is 6.10 Å². The number of aliphatic hydroxyl groups is 1. The number of ether oxygens (including phenoxy) is 1. The quantitative estimate of drug-likeness (QED) is 0.907. The zero-order valence-electron chi connectivity index (χ0n) is 12.0. The highest BCUT2D eigenvalue weighted by Crippen LogP contribution is 2.38. The zero-order valence-corrected chi connectivity index (χ0v) is 13.6. The van der Waals surface area contributed by atoms with Crippen molar-refractivity contribution < 1.29 is 14.6 Å². The lowest BCUT2D eigenvalue weighted by molar-refractivity contribution is -0.137. The standard InChI is InChI=1S/C16H20BrNO3/c1-10(21-13-5-3-12(17)4-6-13)16(20)18-8-11-2-7-15(19)14(11)9-18/h3-6,10-11,14-15,19H,2,7-9H2,1H3. The van der Waals surface area contributed by atoms with E-state index in [-0.39, 0.29) is 17.9 Å². The molecule has 1 aromatic carbocycles. The lowest BCUT2D eigenvalue weighted by atomic mass is 10.00. The van der Waals surface area contributed by atoms with Gasteiger partial charge in [0.2, 0.25) is 0 Å². The maximum absolute atomic E-state index is 12.5. The first kappa shape index (κ1) is 14.9. The van der Waals surface area contributed by atoms with Gasteiger partial charge in [0.25, 0.3) is 5.91 Å². The first-order valence-electron chi connectivity index (χ1n) is 7.43. The summed E-state index contributed by atoms with van der Waals surface area (Å²) in [6.07, 6.45) is 1.16. The minimum absolute atomic E-state index is 0.0134. The molecule has 1 amide bonds. The smallest absolute Gasteiger partial charge is 0.263 e. The molecule has 1 N–H and O–H groups in total. The number of fused-ring (bicyclic) bond motifs is 1. The van der Waals surface area contributed by atoms with Crippen molar-refractivity contribution in [3.8, 4) is 5.75 Å². The highest BCUT2D eigenvalue weighted by atomic mass is 79.9. The average Bonchev–Trinajstić information content (AvgIpc) is 3.03. The van der Waals surface area contributed by atoms with Crippen molar-refractivity contribution in [3.63, 3.8) is 0 Å². The van der Waals surface area contributed by atoms with Gasteiger partial charge in [-0.1, -0.05) is 15.9 Å². The first-order valence-corrected chi connectivity index (χ1v) is 8.23. The van der Waals surface area contributed by atoms with Gasteiger partial charge in [-0.25, -0.2) is 0 Å². The molecule has 1 saturated carbocycles. The molecule has 4 atom stereocenters. The summed E-state index contributed by atoms with van der Waals surface area (Å²) in [4.78, 5) is 14.3. The Balaban J connectivity index is 1.59. The number of likely N-dealkylation sites (tertiary alicyclic amines) is 1. The summed E-state index contributed by atoms with van der Waals surface area (Å²) in [5.41, 5.74) is 0. The summed E-state index contributed by atoms with van der Waals surface area (Å²) in [7, 11) is 0. The number of carbonyl (C=O) groups is 1. The number of amides is 1. The van der Waals surface area contributed by atoms with E-state index >= 15 is 0 Å². The van der Waals surface area contributed by atoms with Crippen LogP contribution in [0.5, 0.6) is 5.75 Å². The number of benzene rings is 1. The molecule has 5 heteroatoms. The fraction of sp³-hybridized carbons (Fsp3) is 0.562. The van der Waals surface area contributed by atoms with Gasteiger partial charge < -0.3 is 14.7 Å². The highest BCUT2D eigenvalue weighted by molar-refractivity contribution is 9.10. The largest absolute Gasteiger partial charge is 0.481 e. The van der Waals surface area contributed by atoms with Crippen LogP contribution in [0.15, 0.2) is 28.7 Å². The first-order chi connectivity index (χ1) is 10.0. The normalized spacial score (nSPS) is 29.3. The van der Waals surface area contributed by atoms with Gasteiger partial charge in [0.1, 0.15) is 5.75 Å². The summed E-state index contributed by atoms with van der Waals surface area (Å²) in [5.74, 6) is 1.43. The number of aliphatic hydroxyl groups excluding tert-OH is 1. The van der Waals surface area contributed by atoms with Crippen molar-refractivity contribution in [1.29, 1.82) is 0 Å². The minimum Gasteiger partial charge on any atom is -0.481 e. The molecule has 4 nitrogen and oxygen atoms in total. The Bertz CT molecular complexity index is 519. The Morgan fingerprint density at radius 2 is 2.05 bits per heavy atom. The third-order valence-electron chi connectivity index (χ3n) is 4.60. The number of rotatable bonds is 3. The second-order valence-corrected chi connectivity index (χ2v) is 6.94. The van der Waals surface area contributed by atoms with Gasteiger partial charge in [-0.3, -0.25) is 4.79 Å². The Kier molecular flexibility index (Phi) is 4.22. The highest BCUT2D eigenvalue weighted by Gasteiger charge is 2.44. The van der Waals surface area contributed by atoms with Crippen LogP contribution in [0.1, 0.15) is 19.8 Å². The van der Waals surface area contributed by atoms with E-state index in [2.05, 4.69) is 15.9 Å². The fourth-order valence-corrected chi connectivity index (χ4v) is 3.71. The summed E-state index contributed by atoms with van der Waals surface area (Å²) < 4.78 is 6.70. The minimum atomic E-state index is -0.498. The molecule has 1 saturated heterocycles. The van der Waals surface area contributed by atoms with E-state index in [1.165, 1.54) is 0 Å². The number of halogens is 1. The van der Waals surface area contributed by atoms with Crippen LogP contribution in [0.4, 0.5) is 0 Å². The zero-order chi connectivity index (χ0) is 15.0. The van der Waals surface area contributed by atoms with Crippen LogP contribution in [0, 0.1) is 11.8 Å². The maximum atomic E-state index is 12.5. The third-order valence-corrected chi connectivity index (χ3v) is 5.13. The lowest BCUT2D eigenvalue weighted by Gasteiger charge is -2.23. The van der Waals surface area contributed by atoms with Gasteiger partial charge in [-0.2, -0.15) is 0 Å². The van der Waals surface area contributed by atoms with Crippen molar-refractivity contribution in [1.82, 2.24) is 4.90 Å². The number of hydrogen-bond acceptors (Lipinski definition) is 3.